The number of halogens is 2. The first-order chi connectivity index (χ1) is 15.8. The lowest BCUT2D eigenvalue weighted by molar-refractivity contribution is -0.118. The summed E-state index contributed by atoms with van der Waals surface area (Å²) in [5.74, 6) is -3.59. The third-order valence-corrected chi connectivity index (χ3v) is 5.00. The van der Waals surface area contributed by atoms with Crippen molar-refractivity contribution in [2.24, 2.45) is 0 Å². The van der Waals surface area contributed by atoms with Crippen molar-refractivity contribution >= 4 is 29.5 Å². The molecule has 1 atom stereocenters. The topological polar surface area (TPSA) is 98.2 Å². The molecular weight excluding hydrogens is 432 g/mol. The lowest BCUT2D eigenvalue weighted by Crippen LogP contribution is -2.15. The molecule has 0 bridgehead atoms. The molecule has 0 aliphatic rings. The van der Waals surface area contributed by atoms with E-state index < -0.39 is 29.0 Å². The van der Waals surface area contributed by atoms with Crippen LogP contribution in [-0.4, -0.2) is 34.6 Å². The summed E-state index contributed by atoms with van der Waals surface area (Å²) in [6.07, 6.45) is 0.291. The van der Waals surface area contributed by atoms with Crippen LogP contribution in [0.1, 0.15) is 53.1 Å². The third-order valence-electron chi connectivity index (χ3n) is 5.00. The van der Waals surface area contributed by atoms with E-state index in [2.05, 4.69) is 15.3 Å². The normalized spacial score (nSPS) is 11.5. The van der Waals surface area contributed by atoms with Crippen LogP contribution < -0.4 is 5.32 Å². The number of ether oxygens (including phenoxy) is 1. The number of anilines is 2. The van der Waals surface area contributed by atoms with Crippen molar-refractivity contribution in [3.05, 3.63) is 70.9 Å². The van der Waals surface area contributed by atoms with E-state index >= 15 is 0 Å². The molecular formula is C24H21F2N3O4. The zero-order valence-electron chi connectivity index (χ0n) is 18.2. The molecule has 0 saturated heterocycles. The number of Topliss-reactive ketones (excluding diaryl/α,β-unsaturated/α-hetero) is 1. The van der Waals surface area contributed by atoms with E-state index in [1.165, 1.54) is 13.0 Å². The van der Waals surface area contributed by atoms with Gasteiger partial charge >= 0.3 is 5.97 Å². The first-order valence-corrected chi connectivity index (χ1v) is 10.1. The first-order valence-electron chi connectivity index (χ1n) is 10.1. The van der Waals surface area contributed by atoms with E-state index in [9.17, 15) is 23.2 Å². The van der Waals surface area contributed by atoms with Gasteiger partial charge in [0.25, 0.3) is 0 Å². The molecule has 0 fully saturated rings. The summed E-state index contributed by atoms with van der Waals surface area (Å²) in [5, 5.41) is 2.89. The van der Waals surface area contributed by atoms with Crippen LogP contribution in [0.15, 0.2) is 42.5 Å². The van der Waals surface area contributed by atoms with E-state index in [0.717, 1.165) is 17.7 Å². The highest BCUT2D eigenvalue weighted by Crippen LogP contribution is 2.29. The Morgan fingerprint density at radius 3 is 2.27 bits per heavy atom. The fourth-order valence-electron chi connectivity index (χ4n) is 3.11. The first kappa shape index (κ1) is 23.6. The maximum atomic E-state index is 14.3. The molecule has 9 heteroatoms. The Labute approximate surface area is 188 Å². The van der Waals surface area contributed by atoms with Gasteiger partial charge in [-0.1, -0.05) is 25.1 Å². The zero-order chi connectivity index (χ0) is 24.1. The van der Waals surface area contributed by atoms with Gasteiger partial charge in [0.2, 0.25) is 0 Å². The monoisotopic (exact) mass is 453 g/mol. The van der Waals surface area contributed by atoms with Crippen LogP contribution in [0.2, 0.25) is 0 Å². The molecule has 0 aliphatic heterocycles. The van der Waals surface area contributed by atoms with Gasteiger partial charge in [-0.2, -0.15) is 0 Å². The molecule has 33 heavy (non-hydrogen) atoms. The van der Waals surface area contributed by atoms with E-state index in [-0.39, 0.29) is 35.4 Å². The average molecular weight is 453 g/mol. The minimum Gasteiger partial charge on any atom is -0.462 e. The van der Waals surface area contributed by atoms with Gasteiger partial charge in [-0.15, -0.1) is 0 Å². The molecule has 0 aliphatic carbocycles. The number of carbonyl (C=O) groups excluding carboxylic acids is 3. The minimum atomic E-state index is -0.927. The predicted octanol–water partition coefficient (Wildman–Crippen LogP) is 4.85. The van der Waals surface area contributed by atoms with Crippen LogP contribution >= 0.6 is 0 Å². The second kappa shape index (κ2) is 10.1. The number of ketones is 1. The van der Waals surface area contributed by atoms with Crippen LogP contribution in [0.5, 0.6) is 0 Å². The molecule has 1 aromatic heterocycles. The Bertz CT molecular complexity index is 1190. The quantitative estimate of drug-likeness (QED) is 0.385. The minimum absolute atomic E-state index is 0.00304. The second-order valence-corrected chi connectivity index (χ2v) is 7.17. The van der Waals surface area contributed by atoms with Crippen LogP contribution in [-0.2, 0) is 9.53 Å². The van der Waals surface area contributed by atoms with Crippen LogP contribution in [0.25, 0.3) is 11.4 Å². The summed E-state index contributed by atoms with van der Waals surface area (Å²) in [4.78, 5) is 44.0. The number of aldehydes is 1. The molecule has 3 aromatic rings. The standard InChI is InChI=1S/C24H21F2N3O4/c1-4-33-24(32)21-19(12-30)28-22(20-17(25)6-5-7-18(20)26)29-23(21)27-16-10-8-15(9-11-16)13(2)14(3)31/h5-13H,4H2,1-3H3,(H,27,28,29). The van der Waals surface area contributed by atoms with Gasteiger partial charge in [0.05, 0.1) is 12.2 Å². The van der Waals surface area contributed by atoms with Gasteiger partial charge in [-0.05, 0) is 43.7 Å². The molecule has 1 unspecified atom stereocenters. The highest BCUT2D eigenvalue weighted by molar-refractivity contribution is 6.02. The van der Waals surface area contributed by atoms with Crippen LogP contribution in [0, 0.1) is 11.6 Å². The summed E-state index contributed by atoms with van der Waals surface area (Å²) >= 11 is 0. The van der Waals surface area contributed by atoms with Gasteiger partial charge < -0.3 is 10.1 Å². The number of benzene rings is 2. The summed E-state index contributed by atoms with van der Waals surface area (Å²) in [5.41, 5.74) is 0.0447. The molecule has 0 saturated carbocycles. The number of rotatable bonds is 8. The number of hydrogen-bond acceptors (Lipinski definition) is 7. The van der Waals surface area contributed by atoms with Crippen molar-refractivity contribution < 1.29 is 27.9 Å². The Kier molecular flexibility index (Phi) is 7.22. The van der Waals surface area contributed by atoms with E-state index in [1.807, 2.05) is 0 Å². The predicted molar refractivity (Wildman–Crippen MR) is 118 cm³/mol. The highest BCUT2D eigenvalue weighted by Gasteiger charge is 2.25. The molecule has 0 amide bonds. The van der Waals surface area contributed by atoms with E-state index in [1.54, 1.807) is 38.1 Å². The summed E-state index contributed by atoms with van der Waals surface area (Å²) < 4.78 is 33.7. The van der Waals surface area contributed by atoms with Crippen molar-refractivity contribution in [2.45, 2.75) is 26.7 Å². The number of aromatic nitrogens is 2. The SMILES string of the molecule is CCOC(=O)c1c(C=O)nc(-c2c(F)cccc2F)nc1Nc1ccc(C(C)C(C)=O)cc1. The van der Waals surface area contributed by atoms with Gasteiger partial charge in [0.15, 0.2) is 12.1 Å². The summed E-state index contributed by atoms with van der Waals surface area (Å²) in [6, 6.07) is 9.98. The molecule has 7 nitrogen and oxygen atoms in total. The Balaban J connectivity index is 2.14. The smallest absolute Gasteiger partial charge is 0.344 e. The van der Waals surface area contributed by atoms with Crippen molar-refractivity contribution in [3.8, 4) is 11.4 Å². The maximum Gasteiger partial charge on any atom is 0.344 e. The number of carbonyl (C=O) groups is 3. The summed E-state index contributed by atoms with van der Waals surface area (Å²) in [7, 11) is 0. The molecule has 1 N–H and O–H groups in total. The second-order valence-electron chi connectivity index (χ2n) is 7.17. The lowest BCUT2D eigenvalue weighted by atomic mass is 9.97. The number of nitrogens with one attached hydrogen (secondary N) is 1. The van der Waals surface area contributed by atoms with Crippen molar-refractivity contribution in [3.63, 3.8) is 0 Å². The molecule has 3 rings (SSSR count). The zero-order valence-corrected chi connectivity index (χ0v) is 18.2. The van der Waals surface area contributed by atoms with Crippen molar-refractivity contribution in [2.75, 3.05) is 11.9 Å². The molecule has 0 radical (unpaired) electrons. The van der Waals surface area contributed by atoms with Crippen molar-refractivity contribution in [1.29, 1.82) is 0 Å². The van der Waals surface area contributed by atoms with E-state index in [0.29, 0.717) is 12.0 Å². The van der Waals surface area contributed by atoms with Crippen LogP contribution in [0.4, 0.5) is 20.3 Å². The Morgan fingerprint density at radius 2 is 1.73 bits per heavy atom. The number of hydrogen-bond donors (Lipinski definition) is 1. The molecule has 170 valence electrons. The fourth-order valence-corrected chi connectivity index (χ4v) is 3.11. The number of esters is 1. The molecule has 2 aromatic carbocycles. The molecule has 1 heterocycles. The van der Waals surface area contributed by atoms with Gasteiger partial charge in [-0.3, -0.25) is 9.59 Å². The summed E-state index contributed by atoms with van der Waals surface area (Å²) in [6.45, 7) is 4.88. The van der Waals surface area contributed by atoms with Gasteiger partial charge in [0, 0.05) is 11.6 Å². The lowest BCUT2D eigenvalue weighted by Gasteiger charge is -2.15. The third kappa shape index (κ3) is 5.08. The highest BCUT2D eigenvalue weighted by atomic mass is 19.1. The molecule has 0 spiro atoms. The number of nitrogens with zero attached hydrogens (tertiary/aromatic N) is 2. The Hall–Kier alpha value is -4.01. The van der Waals surface area contributed by atoms with Gasteiger partial charge in [0.1, 0.15) is 34.5 Å². The largest absolute Gasteiger partial charge is 0.462 e. The van der Waals surface area contributed by atoms with Crippen molar-refractivity contribution in [1.82, 2.24) is 9.97 Å². The Morgan fingerprint density at radius 1 is 1.09 bits per heavy atom. The van der Waals surface area contributed by atoms with E-state index in [4.69, 9.17) is 4.74 Å². The maximum absolute atomic E-state index is 14.3. The van der Waals surface area contributed by atoms with Gasteiger partial charge in [-0.25, -0.2) is 23.5 Å². The van der Waals surface area contributed by atoms with Crippen LogP contribution in [0.3, 0.4) is 0 Å². The average Bonchev–Trinajstić information content (AvgIpc) is 2.78. The fraction of sp³-hybridized carbons (Fsp3) is 0.208.